The summed E-state index contributed by atoms with van der Waals surface area (Å²) in [5.41, 5.74) is 4.87. The normalized spacial score (nSPS) is 10.8. The molecule has 0 amide bonds. The summed E-state index contributed by atoms with van der Waals surface area (Å²) >= 11 is 6.54. The van der Waals surface area contributed by atoms with Crippen molar-refractivity contribution in [2.75, 3.05) is 0 Å². The molecule has 0 N–H and O–H groups in total. The minimum absolute atomic E-state index is 0.0533. The summed E-state index contributed by atoms with van der Waals surface area (Å²) in [5, 5.41) is -0.0533. The molecular formula is C15H15Cl. The maximum Gasteiger partial charge on any atom is 0.0840 e. The molecule has 0 saturated heterocycles. The van der Waals surface area contributed by atoms with Gasteiger partial charge in [-0.15, -0.1) is 11.6 Å². The molecule has 0 atom stereocenters. The van der Waals surface area contributed by atoms with E-state index in [2.05, 4.69) is 38.1 Å². The lowest BCUT2D eigenvalue weighted by atomic mass is 9.97. The van der Waals surface area contributed by atoms with Gasteiger partial charge in [0.25, 0.3) is 0 Å². The van der Waals surface area contributed by atoms with Crippen LogP contribution in [-0.4, -0.2) is 0 Å². The van der Waals surface area contributed by atoms with Gasteiger partial charge in [-0.1, -0.05) is 48.5 Å². The van der Waals surface area contributed by atoms with Crippen LogP contribution >= 0.6 is 11.6 Å². The third kappa shape index (κ3) is 2.12. The Labute approximate surface area is 102 Å². The first-order valence-electron chi connectivity index (χ1n) is 5.45. The van der Waals surface area contributed by atoms with Gasteiger partial charge in [0.15, 0.2) is 0 Å². The van der Waals surface area contributed by atoms with Crippen LogP contribution in [0, 0.1) is 13.8 Å². The maximum absolute atomic E-state index is 6.54. The number of alkyl halides is 1. The van der Waals surface area contributed by atoms with Gasteiger partial charge >= 0.3 is 0 Å². The number of aryl methyl sites for hydroxylation is 2. The van der Waals surface area contributed by atoms with Crippen LogP contribution in [0.4, 0.5) is 0 Å². The van der Waals surface area contributed by atoms with Gasteiger partial charge in [-0.05, 0) is 36.1 Å². The van der Waals surface area contributed by atoms with Crippen LogP contribution in [0.5, 0.6) is 0 Å². The van der Waals surface area contributed by atoms with Crippen molar-refractivity contribution in [2.45, 2.75) is 19.2 Å². The van der Waals surface area contributed by atoms with Gasteiger partial charge in [-0.25, -0.2) is 0 Å². The highest BCUT2D eigenvalue weighted by atomic mass is 35.5. The van der Waals surface area contributed by atoms with Crippen molar-refractivity contribution in [3.63, 3.8) is 0 Å². The molecule has 2 rings (SSSR count). The molecule has 16 heavy (non-hydrogen) atoms. The van der Waals surface area contributed by atoms with E-state index in [9.17, 15) is 0 Å². The molecule has 2 aromatic carbocycles. The van der Waals surface area contributed by atoms with Crippen LogP contribution in [0.1, 0.15) is 27.6 Å². The van der Waals surface area contributed by atoms with Crippen molar-refractivity contribution in [2.24, 2.45) is 0 Å². The summed E-state index contributed by atoms with van der Waals surface area (Å²) in [5.74, 6) is 0. The van der Waals surface area contributed by atoms with Crippen LogP contribution < -0.4 is 0 Å². The molecule has 0 heterocycles. The second-order valence-corrected chi connectivity index (χ2v) is 4.51. The lowest BCUT2D eigenvalue weighted by Crippen LogP contribution is -1.98. The topological polar surface area (TPSA) is 0 Å². The quantitative estimate of drug-likeness (QED) is 0.660. The fraction of sp³-hybridized carbons (Fsp3) is 0.200. The fourth-order valence-corrected chi connectivity index (χ4v) is 2.40. The summed E-state index contributed by atoms with van der Waals surface area (Å²) in [6.07, 6.45) is 0. The average Bonchev–Trinajstić information content (AvgIpc) is 2.29. The highest BCUT2D eigenvalue weighted by Gasteiger charge is 2.13. The SMILES string of the molecule is Cc1ccccc1C(Cl)c1ccccc1C. The molecule has 0 aliphatic heterocycles. The lowest BCUT2D eigenvalue weighted by Gasteiger charge is -2.15. The van der Waals surface area contributed by atoms with Crippen molar-refractivity contribution in [3.05, 3.63) is 70.8 Å². The Bertz CT molecular complexity index is 443. The molecule has 0 radical (unpaired) electrons. The first-order valence-corrected chi connectivity index (χ1v) is 5.89. The largest absolute Gasteiger partial charge is 0.113 e. The lowest BCUT2D eigenvalue weighted by molar-refractivity contribution is 1.09. The molecule has 0 spiro atoms. The number of halogens is 1. The van der Waals surface area contributed by atoms with Gasteiger partial charge in [-0.3, -0.25) is 0 Å². The van der Waals surface area contributed by atoms with Gasteiger partial charge in [0.1, 0.15) is 0 Å². The molecular weight excluding hydrogens is 216 g/mol. The zero-order valence-electron chi connectivity index (χ0n) is 9.57. The van der Waals surface area contributed by atoms with Crippen LogP contribution in [0.2, 0.25) is 0 Å². The number of rotatable bonds is 2. The molecule has 2 aromatic rings. The Hall–Kier alpha value is -1.27. The summed E-state index contributed by atoms with van der Waals surface area (Å²) in [6, 6.07) is 16.6. The molecule has 0 aliphatic carbocycles. The fourth-order valence-electron chi connectivity index (χ4n) is 1.91. The zero-order chi connectivity index (χ0) is 11.5. The predicted molar refractivity (Wildman–Crippen MR) is 70.1 cm³/mol. The molecule has 1 heteroatoms. The summed E-state index contributed by atoms with van der Waals surface area (Å²) < 4.78 is 0. The molecule has 82 valence electrons. The van der Waals surface area contributed by atoms with Gasteiger partial charge in [-0.2, -0.15) is 0 Å². The number of hydrogen-bond acceptors (Lipinski definition) is 0. The number of benzene rings is 2. The van der Waals surface area contributed by atoms with Crippen molar-refractivity contribution in [1.82, 2.24) is 0 Å². The monoisotopic (exact) mass is 230 g/mol. The van der Waals surface area contributed by atoms with E-state index in [0.717, 1.165) is 0 Å². The van der Waals surface area contributed by atoms with E-state index >= 15 is 0 Å². The molecule has 0 bridgehead atoms. The average molecular weight is 231 g/mol. The highest BCUT2D eigenvalue weighted by Crippen LogP contribution is 2.32. The van der Waals surface area contributed by atoms with Crippen molar-refractivity contribution in [3.8, 4) is 0 Å². The van der Waals surface area contributed by atoms with Gasteiger partial charge < -0.3 is 0 Å². The molecule has 0 aliphatic rings. The maximum atomic E-state index is 6.54. The molecule has 0 saturated carbocycles. The van der Waals surface area contributed by atoms with Crippen LogP contribution in [0.3, 0.4) is 0 Å². The first kappa shape index (κ1) is 11.2. The molecule has 0 unspecified atom stereocenters. The molecule has 0 nitrogen and oxygen atoms in total. The summed E-state index contributed by atoms with van der Waals surface area (Å²) in [6.45, 7) is 4.20. The van der Waals surface area contributed by atoms with E-state index in [1.165, 1.54) is 22.3 Å². The Morgan fingerprint density at radius 1 is 0.750 bits per heavy atom. The van der Waals surface area contributed by atoms with Crippen molar-refractivity contribution >= 4 is 11.6 Å². The first-order chi connectivity index (χ1) is 7.70. The third-order valence-corrected chi connectivity index (χ3v) is 3.39. The second kappa shape index (κ2) is 4.71. The standard InChI is InChI=1S/C15H15Cl/c1-11-7-3-5-9-13(11)15(16)14-10-6-4-8-12(14)2/h3-10,15H,1-2H3. The predicted octanol–water partition coefficient (Wildman–Crippen LogP) is 4.63. The van der Waals surface area contributed by atoms with Gasteiger partial charge in [0.2, 0.25) is 0 Å². The van der Waals surface area contributed by atoms with Crippen molar-refractivity contribution < 1.29 is 0 Å². The highest BCUT2D eigenvalue weighted by molar-refractivity contribution is 6.22. The number of hydrogen-bond donors (Lipinski definition) is 0. The van der Waals surface area contributed by atoms with E-state index < -0.39 is 0 Å². The van der Waals surface area contributed by atoms with E-state index in [1.807, 2.05) is 24.3 Å². The van der Waals surface area contributed by atoms with Crippen LogP contribution in [0.15, 0.2) is 48.5 Å². The Kier molecular flexibility index (Phi) is 3.31. The summed E-state index contributed by atoms with van der Waals surface area (Å²) in [4.78, 5) is 0. The molecule has 0 fully saturated rings. The second-order valence-electron chi connectivity index (χ2n) is 4.08. The minimum Gasteiger partial charge on any atom is -0.113 e. The van der Waals surface area contributed by atoms with Gasteiger partial charge in [0, 0.05) is 0 Å². The molecule has 0 aromatic heterocycles. The zero-order valence-corrected chi connectivity index (χ0v) is 10.3. The van der Waals surface area contributed by atoms with E-state index in [-0.39, 0.29) is 5.38 Å². The van der Waals surface area contributed by atoms with E-state index in [1.54, 1.807) is 0 Å². The summed E-state index contributed by atoms with van der Waals surface area (Å²) in [7, 11) is 0. The van der Waals surface area contributed by atoms with Crippen LogP contribution in [0.25, 0.3) is 0 Å². The smallest absolute Gasteiger partial charge is 0.0840 e. The van der Waals surface area contributed by atoms with Gasteiger partial charge in [0.05, 0.1) is 5.38 Å². The Balaban J connectivity index is 2.44. The minimum atomic E-state index is -0.0533. The third-order valence-electron chi connectivity index (χ3n) is 2.92. The van der Waals surface area contributed by atoms with Crippen LogP contribution in [-0.2, 0) is 0 Å². The van der Waals surface area contributed by atoms with E-state index in [4.69, 9.17) is 11.6 Å². The Morgan fingerprint density at radius 2 is 1.12 bits per heavy atom. The Morgan fingerprint density at radius 3 is 1.50 bits per heavy atom. The van der Waals surface area contributed by atoms with Crippen molar-refractivity contribution in [1.29, 1.82) is 0 Å². The van der Waals surface area contributed by atoms with E-state index in [0.29, 0.717) is 0 Å².